The molecule has 0 aliphatic rings. The molecule has 7 heteroatoms. The molecule has 4 heterocycles. The maximum atomic E-state index is 12.7. The molecule has 27 heavy (non-hydrogen) atoms. The minimum Gasteiger partial charge on any atom is -0.467 e. The van der Waals surface area contributed by atoms with Crippen molar-refractivity contribution in [3.05, 3.63) is 94.1 Å². The van der Waals surface area contributed by atoms with Gasteiger partial charge in [-0.3, -0.25) is 14.2 Å². The van der Waals surface area contributed by atoms with Gasteiger partial charge in [0.05, 0.1) is 31.3 Å². The van der Waals surface area contributed by atoms with Crippen LogP contribution in [0.5, 0.6) is 0 Å². The SMILES string of the molecule is Cc1ccc2nc(=NCc3ccco3)c(NCc3ccco3)cc(=O)n2c1. The predicted octanol–water partition coefficient (Wildman–Crippen LogP) is 2.90. The van der Waals surface area contributed by atoms with Crippen molar-refractivity contribution in [2.75, 3.05) is 5.32 Å². The topological polar surface area (TPSA) is 85.0 Å². The van der Waals surface area contributed by atoms with Crippen LogP contribution >= 0.6 is 0 Å². The third kappa shape index (κ3) is 3.82. The molecule has 0 atom stereocenters. The second kappa shape index (κ2) is 7.33. The Hall–Kier alpha value is -3.61. The van der Waals surface area contributed by atoms with E-state index in [1.54, 1.807) is 24.8 Å². The average molecular weight is 362 g/mol. The first-order valence-corrected chi connectivity index (χ1v) is 8.52. The first-order chi connectivity index (χ1) is 13.2. The number of fused-ring (bicyclic) bond motifs is 1. The highest BCUT2D eigenvalue weighted by Crippen LogP contribution is 2.06. The molecule has 136 valence electrons. The van der Waals surface area contributed by atoms with Gasteiger partial charge in [-0.1, -0.05) is 6.07 Å². The molecule has 1 N–H and O–H groups in total. The molecule has 0 spiro atoms. The van der Waals surface area contributed by atoms with Crippen molar-refractivity contribution in [3.8, 4) is 0 Å². The lowest BCUT2D eigenvalue weighted by atomic mass is 10.3. The Morgan fingerprint density at radius 2 is 1.89 bits per heavy atom. The third-order valence-electron chi connectivity index (χ3n) is 4.04. The number of furan rings is 2. The molecule has 7 nitrogen and oxygen atoms in total. The van der Waals surface area contributed by atoms with Crippen LogP contribution in [-0.4, -0.2) is 9.38 Å². The molecular weight excluding hydrogens is 344 g/mol. The first-order valence-electron chi connectivity index (χ1n) is 8.52. The molecule has 0 unspecified atom stereocenters. The molecular formula is C20H18N4O3. The number of hydrogen-bond donors (Lipinski definition) is 1. The van der Waals surface area contributed by atoms with Crippen LogP contribution in [0.15, 0.2) is 79.8 Å². The molecule has 0 aliphatic carbocycles. The van der Waals surface area contributed by atoms with Crippen molar-refractivity contribution in [2.45, 2.75) is 20.0 Å². The quantitative estimate of drug-likeness (QED) is 0.590. The van der Waals surface area contributed by atoms with E-state index in [1.165, 1.54) is 10.5 Å². The Labute approximate surface area is 154 Å². The number of nitrogens with zero attached hydrogens (tertiary/aromatic N) is 3. The Balaban J connectivity index is 1.84. The minimum absolute atomic E-state index is 0.192. The van der Waals surface area contributed by atoms with Gasteiger partial charge in [0.1, 0.15) is 17.2 Å². The van der Waals surface area contributed by atoms with Crippen LogP contribution in [0.2, 0.25) is 0 Å². The zero-order valence-corrected chi connectivity index (χ0v) is 14.8. The van der Waals surface area contributed by atoms with Gasteiger partial charge in [0.2, 0.25) is 0 Å². The Kier molecular flexibility index (Phi) is 4.57. The molecule has 0 saturated heterocycles. The van der Waals surface area contributed by atoms with Crippen LogP contribution in [0, 0.1) is 6.92 Å². The van der Waals surface area contributed by atoms with Crippen molar-refractivity contribution < 1.29 is 8.83 Å². The standard InChI is InChI=1S/C20H18N4O3/c1-14-6-7-18-23-20(22-12-16-5-3-9-27-16)17(10-19(25)24(18)13-14)21-11-15-4-2-8-26-15/h2-10,13,21H,11-12H2,1H3. The van der Waals surface area contributed by atoms with Crippen molar-refractivity contribution in [3.63, 3.8) is 0 Å². The summed E-state index contributed by atoms with van der Waals surface area (Å²) in [6.45, 7) is 2.67. The molecule has 4 aromatic rings. The lowest BCUT2D eigenvalue weighted by Crippen LogP contribution is -2.14. The summed E-state index contributed by atoms with van der Waals surface area (Å²) in [5, 5.41) is 3.20. The highest BCUT2D eigenvalue weighted by atomic mass is 16.3. The van der Waals surface area contributed by atoms with Crippen molar-refractivity contribution in [1.82, 2.24) is 9.38 Å². The van der Waals surface area contributed by atoms with Gasteiger partial charge >= 0.3 is 0 Å². The Bertz CT molecular complexity index is 1180. The van der Waals surface area contributed by atoms with Gasteiger partial charge < -0.3 is 14.2 Å². The van der Waals surface area contributed by atoms with Gasteiger partial charge in [-0.25, -0.2) is 4.98 Å². The summed E-state index contributed by atoms with van der Waals surface area (Å²) >= 11 is 0. The second-order valence-corrected chi connectivity index (χ2v) is 6.09. The van der Waals surface area contributed by atoms with Crippen molar-refractivity contribution in [2.24, 2.45) is 4.99 Å². The van der Waals surface area contributed by atoms with Gasteiger partial charge in [-0.2, -0.15) is 0 Å². The van der Waals surface area contributed by atoms with E-state index in [9.17, 15) is 4.79 Å². The number of hydrogen-bond acceptors (Lipinski definition) is 6. The molecule has 4 rings (SSSR count). The minimum atomic E-state index is -0.192. The number of nitrogens with one attached hydrogen (secondary N) is 1. The highest BCUT2D eigenvalue weighted by Gasteiger charge is 2.05. The van der Waals surface area contributed by atoms with E-state index >= 15 is 0 Å². The van der Waals surface area contributed by atoms with E-state index < -0.39 is 0 Å². The van der Waals surface area contributed by atoms with Crippen LogP contribution in [0.3, 0.4) is 0 Å². The van der Waals surface area contributed by atoms with Gasteiger partial charge in [-0.15, -0.1) is 0 Å². The fourth-order valence-electron chi connectivity index (χ4n) is 2.69. The summed E-state index contributed by atoms with van der Waals surface area (Å²) in [6, 6.07) is 12.5. The van der Waals surface area contributed by atoms with Crippen molar-refractivity contribution in [1.29, 1.82) is 0 Å². The van der Waals surface area contributed by atoms with E-state index in [-0.39, 0.29) is 5.56 Å². The van der Waals surface area contributed by atoms with Gasteiger partial charge in [0.25, 0.3) is 5.56 Å². The van der Waals surface area contributed by atoms with Crippen LogP contribution in [0.1, 0.15) is 17.1 Å². The van der Waals surface area contributed by atoms with E-state index in [4.69, 9.17) is 8.83 Å². The zero-order valence-electron chi connectivity index (χ0n) is 14.8. The summed E-state index contributed by atoms with van der Waals surface area (Å²) in [6.07, 6.45) is 4.97. The average Bonchev–Trinajstić information content (AvgIpc) is 3.35. The van der Waals surface area contributed by atoms with Crippen molar-refractivity contribution >= 4 is 11.3 Å². The van der Waals surface area contributed by atoms with Crippen LogP contribution in [-0.2, 0) is 13.1 Å². The summed E-state index contributed by atoms with van der Waals surface area (Å²) in [5.41, 5.74) is 2.26. The summed E-state index contributed by atoms with van der Waals surface area (Å²) in [7, 11) is 0. The lowest BCUT2D eigenvalue weighted by Gasteiger charge is -2.01. The lowest BCUT2D eigenvalue weighted by molar-refractivity contribution is 0.510. The number of aryl methyl sites for hydroxylation is 1. The highest BCUT2D eigenvalue weighted by molar-refractivity contribution is 5.45. The molecule has 0 aliphatic heterocycles. The maximum absolute atomic E-state index is 12.7. The summed E-state index contributed by atoms with van der Waals surface area (Å²) in [5.74, 6) is 1.47. The zero-order chi connectivity index (χ0) is 18.6. The number of pyridine rings is 1. The monoisotopic (exact) mass is 362 g/mol. The maximum Gasteiger partial charge on any atom is 0.258 e. The molecule has 0 fully saturated rings. The van der Waals surface area contributed by atoms with Gasteiger partial charge in [0, 0.05) is 12.3 Å². The molecule has 0 aromatic carbocycles. The van der Waals surface area contributed by atoms with E-state index in [0.29, 0.717) is 29.9 Å². The first kappa shape index (κ1) is 16.8. The van der Waals surface area contributed by atoms with E-state index in [0.717, 1.165) is 17.1 Å². The number of anilines is 1. The summed E-state index contributed by atoms with van der Waals surface area (Å²) in [4.78, 5) is 21.9. The van der Waals surface area contributed by atoms with Crippen LogP contribution in [0.4, 0.5) is 5.69 Å². The third-order valence-corrected chi connectivity index (χ3v) is 4.04. The Morgan fingerprint density at radius 1 is 1.11 bits per heavy atom. The molecule has 0 radical (unpaired) electrons. The number of aromatic nitrogens is 2. The molecule has 0 amide bonds. The smallest absolute Gasteiger partial charge is 0.258 e. The largest absolute Gasteiger partial charge is 0.467 e. The van der Waals surface area contributed by atoms with Gasteiger partial charge in [0.15, 0.2) is 5.49 Å². The van der Waals surface area contributed by atoms with Crippen LogP contribution in [0.25, 0.3) is 5.65 Å². The number of rotatable bonds is 5. The predicted molar refractivity (Wildman–Crippen MR) is 100 cm³/mol. The van der Waals surface area contributed by atoms with E-state index in [2.05, 4.69) is 15.3 Å². The van der Waals surface area contributed by atoms with Crippen LogP contribution < -0.4 is 16.4 Å². The molecule has 0 saturated carbocycles. The van der Waals surface area contributed by atoms with Gasteiger partial charge in [-0.05, 0) is 42.8 Å². The second-order valence-electron chi connectivity index (χ2n) is 6.09. The summed E-state index contributed by atoms with van der Waals surface area (Å²) < 4.78 is 12.2. The normalized spacial score (nSPS) is 11.8. The molecule has 0 bridgehead atoms. The van der Waals surface area contributed by atoms with E-state index in [1.807, 2.05) is 37.3 Å². The Morgan fingerprint density at radius 3 is 2.63 bits per heavy atom. The fraction of sp³-hybridized carbons (Fsp3) is 0.150. The fourth-order valence-corrected chi connectivity index (χ4v) is 2.69. The molecule has 4 aromatic heterocycles.